The van der Waals surface area contributed by atoms with Gasteiger partial charge in [-0.2, -0.15) is 0 Å². The third-order valence-corrected chi connectivity index (χ3v) is 6.83. The second kappa shape index (κ2) is 9.35. The summed E-state index contributed by atoms with van der Waals surface area (Å²) in [6.07, 6.45) is 5.70. The fourth-order valence-electron chi connectivity index (χ4n) is 5.14. The van der Waals surface area contributed by atoms with Gasteiger partial charge in [-0.3, -0.25) is 19.4 Å². The largest absolute Gasteiger partial charge is 0.497 e. The Kier molecular flexibility index (Phi) is 6.58. The minimum absolute atomic E-state index is 0.0192. The first-order chi connectivity index (χ1) is 14.7. The number of carbonyl (C=O) groups excluding carboxylic acids is 2. The molecule has 3 fully saturated rings. The molecule has 1 aromatic carbocycles. The van der Waals surface area contributed by atoms with Gasteiger partial charge in [0.2, 0.25) is 11.8 Å². The second-order valence-corrected chi connectivity index (χ2v) is 8.59. The van der Waals surface area contributed by atoms with Gasteiger partial charge in [0.05, 0.1) is 25.7 Å². The van der Waals surface area contributed by atoms with Crippen molar-refractivity contribution in [1.82, 2.24) is 10.2 Å². The Balaban J connectivity index is 1.41. The van der Waals surface area contributed by atoms with Crippen LogP contribution in [-0.4, -0.2) is 69.3 Å². The molecule has 1 spiro atoms. The lowest BCUT2D eigenvalue weighted by Gasteiger charge is -2.56. The minimum Gasteiger partial charge on any atom is -0.497 e. The maximum atomic E-state index is 13.2. The molecule has 30 heavy (non-hydrogen) atoms. The number of amides is 2. The lowest BCUT2D eigenvalue weighted by atomic mass is 9.61. The lowest BCUT2D eigenvalue weighted by Crippen LogP contribution is -2.74. The summed E-state index contributed by atoms with van der Waals surface area (Å²) in [5, 5.41) is 3.12. The Bertz CT molecular complexity index is 739. The van der Waals surface area contributed by atoms with Gasteiger partial charge in [0.15, 0.2) is 0 Å². The molecule has 1 saturated carbocycles. The predicted molar refractivity (Wildman–Crippen MR) is 115 cm³/mol. The molecule has 1 N–H and O–H groups in total. The van der Waals surface area contributed by atoms with Crippen LogP contribution in [0.15, 0.2) is 24.3 Å². The van der Waals surface area contributed by atoms with Crippen LogP contribution in [-0.2, 0) is 14.3 Å². The molecule has 164 valence electrons. The van der Waals surface area contributed by atoms with Gasteiger partial charge in [-0.15, -0.1) is 0 Å². The van der Waals surface area contributed by atoms with Crippen molar-refractivity contribution in [3.63, 3.8) is 0 Å². The smallest absolute Gasteiger partial charge is 0.244 e. The Morgan fingerprint density at radius 1 is 1.17 bits per heavy atom. The number of ether oxygens (including phenoxy) is 2. The van der Waals surface area contributed by atoms with Gasteiger partial charge in [0.1, 0.15) is 11.8 Å². The summed E-state index contributed by atoms with van der Waals surface area (Å²) in [7, 11) is 1.62. The van der Waals surface area contributed by atoms with E-state index in [1.165, 1.54) is 0 Å². The van der Waals surface area contributed by atoms with E-state index in [2.05, 4.69) is 10.2 Å². The van der Waals surface area contributed by atoms with Crippen molar-refractivity contribution < 1.29 is 19.1 Å². The molecular weight excluding hydrogens is 382 g/mol. The first-order valence-electron chi connectivity index (χ1n) is 11.2. The van der Waals surface area contributed by atoms with Gasteiger partial charge in [-0.25, -0.2) is 0 Å². The molecule has 2 heterocycles. The van der Waals surface area contributed by atoms with E-state index in [-0.39, 0.29) is 11.8 Å². The second-order valence-electron chi connectivity index (χ2n) is 8.59. The Morgan fingerprint density at radius 3 is 2.53 bits per heavy atom. The maximum absolute atomic E-state index is 13.2. The fourth-order valence-corrected chi connectivity index (χ4v) is 5.14. The fraction of sp³-hybridized carbons (Fsp3) is 0.652. The average Bonchev–Trinajstić information content (AvgIpc) is 2.81. The number of nitrogens with zero attached hydrogens (tertiary/aromatic N) is 2. The minimum atomic E-state index is -0.521. The summed E-state index contributed by atoms with van der Waals surface area (Å²) in [6, 6.07) is 7.00. The zero-order valence-electron chi connectivity index (χ0n) is 17.9. The molecule has 1 aromatic rings. The number of methoxy groups -OCH3 is 1. The predicted octanol–water partition coefficient (Wildman–Crippen LogP) is 2.20. The number of carbonyl (C=O) groups is 2. The van der Waals surface area contributed by atoms with Gasteiger partial charge < -0.3 is 14.8 Å². The molecule has 1 unspecified atom stereocenters. The standard InChI is InChI=1S/C23H33N3O4/c1-29-19-8-6-18(7-9-19)26-20(23(22(26)28)10-3-2-4-11-23)21(27)24-12-5-13-25-14-16-30-17-15-25/h6-9,20H,2-5,10-17H2,1H3,(H,24,27). The van der Waals surface area contributed by atoms with Crippen LogP contribution in [0.3, 0.4) is 0 Å². The van der Waals surface area contributed by atoms with Crippen molar-refractivity contribution in [3.8, 4) is 5.75 Å². The lowest BCUT2D eigenvalue weighted by molar-refractivity contribution is -0.150. The summed E-state index contributed by atoms with van der Waals surface area (Å²) in [5.74, 6) is 0.818. The van der Waals surface area contributed by atoms with Gasteiger partial charge in [0, 0.05) is 25.3 Å². The highest BCUT2D eigenvalue weighted by molar-refractivity contribution is 6.14. The van der Waals surface area contributed by atoms with Gasteiger partial charge >= 0.3 is 0 Å². The van der Waals surface area contributed by atoms with Crippen molar-refractivity contribution in [2.45, 2.75) is 44.6 Å². The molecule has 0 radical (unpaired) electrons. The highest BCUT2D eigenvalue weighted by Gasteiger charge is 2.63. The molecule has 2 amide bonds. The normalized spacial score (nSPS) is 23.8. The summed E-state index contributed by atoms with van der Waals surface area (Å²) in [6.45, 7) is 5.08. The molecule has 1 aliphatic carbocycles. The number of anilines is 1. The highest BCUT2D eigenvalue weighted by atomic mass is 16.5. The number of nitrogens with one attached hydrogen (secondary N) is 1. The van der Waals surface area contributed by atoms with Crippen LogP contribution >= 0.6 is 0 Å². The number of benzene rings is 1. The third kappa shape index (κ3) is 4.05. The van der Waals surface area contributed by atoms with Crippen molar-refractivity contribution in [3.05, 3.63) is 24.3 Å². The molecule has 2 saturated heterocycles. The molecule has 0 aromatic heterocycles. The van der Waals surface area contributed by atoms with Crippen LogP contribution in [0.25, 0.3) is 0 Å². The van der Waals surface area contributed by atoms with E-state index in [9.17, 15) is 9.59 Å². The van der Waals surface area contributed by atoms with E-state index in [1.54, 1.807) is 12.0 Å². The molecule has 1 atom stereocenters. The number of β-lactam (4-membered cyclic amide) rings is 1. The summed E-state index contributed by atoms with van der Waals surface area (Å²) in [4.78, 5) is 30.5. The van der Waals surface area contributed by atoms with Crippen molar-refractivity contribution in [2.75, 3.05) is 51.4 Å². The van der Waals surface area contributed by atoms with E-state index < -0.39 is 11.5 Å². The topological polar surface area (TPSA) is 71.1 Å². The maximum Gasteiger partial charge on any atom is 0.244 e. The zero-order chi connectivity index (χ0) is 21.0. The molecule has 7 nitrogen and oxygen atoms in total. The van der Waals surface area contributed by atoms with E-state index >= 15 is 0 Å². The molecule has 3 aliphatic rings. The van der Waals surface area contributed by atoms with E-state index in [0.29, 0.717) is 6.54 Å². The number of hydrogen-bond acceptors (Lipinski definition) is 5. The summed E-state index contributed by atoms with van der Waals surface area (Å²) >= 11 is 0. The number of rotatable bonds is 7. The monoisotopic (exact) mass is 415 g/mol. The highest BCUT2D eigenvalue weighted by Crippen LogP contribution is 2.51. The Hall–Kier alpha value is -2.12. The molecule has 7 heteroatoms. The van der Waals surface area contributed by atoms with E-state index in [4.69, 9.17) is 9.47 Å². The van der Waals surface area contributed by atoms with Crippen LogP contribution in [0.4, 0.5) is 5.69 Å². The van der Waals surface area contributed by atoms with Crippen molar-refractivity contribution >= 4 is 17.5 Å². The van der Waals surface area contributed by atoms with Crippen molar-refractivity contribution in [2.24, 2.45) is 5.41 Å². The number of morpholine rings is 1. The van der Waals surface area contributed by atoms with Gasteiger partial charge in [-0.05, 0) is 50.1 Å². The Labute approximate surface area is 178 Å². The quantitative estimate of drug-likeness (QED) is 0.546. The first kappa shape index (κ1) is 21.1. The number of hydrogen-bond donors (Lipinski definition) is 1. The van der Waals surface area contributed by atoms with Crippen LogP contribution in [0.5, 0.6) is 5.75 Å². The van der Waals surface area contributed by atoms with Crippen LogP contribution in [0.1, 0.15) is 38.5 Å². The van der Waals surface area contributed by atoms with E-state index in [1.807, 2.05) is 24.3 Å². The van der Waals surface area contributed by atoms with Gasteiger partial charge in [-0.1, -0.05) is 19.3 Å². The first-order valence-corrected chi connectivity index (χ1v) is 11.2. The van der Waals surface area contributed by atoms with Crippen molar-refractivity contribution in [1.29, 1.82) is 0 Å². The van der Waals surface area contributed by atoms with Crippen LogP contribution < -0.4 is 15.0 Å². The zero-order valence-corrected chi connectivity index (χ0v) is 17.9. The van der Waals surface area contributed by atoms with Crippen LogP contribution in [0, 0.1) is 5.41 Å². The summed E-state index contributed by atoms with van der Waals surface area (Å²) in [5.41, 5.74) is 0.248. The van der Waals surface area contributed by atoms with E-state index in [0.717, 1.165) is 82.8 Å². The Morgan fingerprint density at radius 2 is 1.87 bits per heavy atom. The average molecular weight is 416 g/mol. The third-order valence-electron chi connectivity index (χ3n) is 6.83. The van der Waals surface area contributed by atoms with Gasteiger partial charge in [0.25, 0.3) is 0 Å². The molecular formula is C23H33N3O4. The summed E-state index contributed by atoms with van der Waals surface area (Å²) < 4.78 is 10.6. The SMILES string of the molecule is COc1ccc(N2C(=O)C3(CCCCC3)C2C(=O)NCCCN2CCOCC2)cc1. The van der Waals surface area contributed by atoms with Crippen LogP contribution in [0.2, 0.25) is 0 Å². The molecule has 4 rings (SSSR count). The molecule has 2 aliphatic heterocycles. The molecule has 0 bridgehead atoms.